The van der Waals surface area contributed by atoms with E-state index in [0.717, 1.165) is 29.2 Å². The zero-order chi connectivity index (χ0) is 18.6. The molecule has 2 rings (SSSR count). The molecule has 136 valence electrons. The molecule has 1 aromatic heterocycles. The van der Waals surface area contributed by atoms with Crippen LogP contribution in [0.4, 0.5) is 17.3 Å². The number of nitrogens with one attached hydrogen (secondary N) is 1. The number of aromatic nitrogens is 2. The molecular weight excluding hydrogens is 316 g/mol. The highest BCUT2D eigenvalue weighted by atomic mass is 16.3. The number of rotatable bonds is 7. The Morgan fingerprint density at radius 1 is 1.28 bits per heavy atom. The van der Waals surface area contributed by atoms with Crippen LogP contribution in [0.25, 0.3) is 0 Å². The van der Waals surface area contributed by atoms with Crippen molar-refractivity contribution in [2.45, 2.75) is 39.5 Å². The van der Waals surface area contributed by atoms with Crippen LogP contribution in [0, 0.1) is 6.92 Å². The van der Waals surface area contributed by atoms with Crippen LogP contribution in [0.1, 0.15) is 37.0 Å². The molecule has 0 aliphatic carbocycles. The quantitative estimate of drug-likeness (QED) is 0.567. The van der Waals surface area contributed by atoms with Gasteiger partial charge in [0.1, 0.15) is 11.9 Å². The zero-order valence-electron chi connectivity index (χ0n) is 15.3. The number of anilines is 3. The Labute approximate surface area is 149 Å². The number of aliphatic hydroxyl groups is 1. The predicted molar refractivity (Wildman–Crippen MR) is 102 cm³/mol. The zero-order valence-corrected chi connectivity index (χ0v) is 15.3. The molecule has 0 amide bonds. The second kappa shape index (κ2) is 8.24. The van der Waals surface area contributed by atoms with Gasteiger partial charge in [0.05, 0.1) is 5.69 Å². The summed E-state index contributed by atoms with van der Waals surface area (Å²) in [5, 5.41) is 13.1. The van der Waals surface area contributed by atoms with E-state index < -0.39 is 6.23 Å². The van der Waals surface area contributed by atoms with Gasteiger partial charge in [-0.3, -0.25) is 0 Å². The van der Waals surface area contributed by atoms with Crippen LogP contribution < -0.4 is 21.7 Å². The first kappa shape index (κ1) is 19.1. The summed E-state index contributed by atoms with van der Waals surface area (Å²) in [6.45, 7) is 6.61. The molecule has 0 spiro atoms. The topological polar surface area (TPSA) is 113 Å². The van der Waals surface area contributed by atoms with E-state index >= 15 is 0 Å². The van der Waals surface area contributed by atoms with Crippen molar-refractivity contribution in [2.24, 2.45) is 11.5 Å². The normalized spacial score (nSPS) is 12.3. The van der Waals surface area contributed by atoms with Crippen LogP contribution in [0.5, 0.6) is 0 Å². The number of benzene rings is 1. The minimum atomic E-state index is -1.21. The fraction of sp³-hybridized carbons (Fsp3) is 0.444. The van der Waals surface area contributed by atoms with Crippen molar-refractivity contribution < 1.29 is 5.11 Å². The fourth-order valence-corrected chi connectivity index (χ4v) is 2.51. The molecule has 1 atom stereocenters. The van der Waals surface area contributed by atoms with E-state index in [4.69, 9.17) is 11.5 Å². The number of aliphatic hydroxyl groups excluding tert-OH is 1. The van der Waals surface area contributed by atoms with Gasteiger partial charge in [0, 0.05) is 18.8 Å². The first-order valence-electron chi connectivity index (χ1n) is 8.44. The number of aryl methyl sites for hydroxylation is 1. The molecule has 0 bridgehead atoms. The standard InChI is InChI=1S/C18H28N6O/c1-11(2)24(4)18-12(3)21-15(16(20)25)17(23-18)22-14-7-5-6-13(10-14)8-9-19/h5-7,10-11,16,25H,8-9,19-20H2,1-4H3,(H,22,23). The summed E-state index contributed by atoms with van der Waals surface area (Å²) in [5.74, 6) is 1.20. The van der Waals surface area contributed by atoms with Crippen LogP contribution in [-0.4, -0.2) is 34.7 Å². The van der Waals surface area contributed by atoms with E-state index in [1.54, 1.807) is 0 Å². The molecule has 1 unspecified atom stereocenters. The molecular formula is C18H28N6O. The first-order valence-corrected chi connectivity index (χ1v) is 8.44. The van der Waals surface area contributed by atoms with Crippen LogP contribution in [0.2, 0.25) is 0 Å². The largest absolute Gasteiger partial charge is 0.373 e. The number of nitrogens with two attached hydrogens (primary N) is 2. The third-order valence-corrected chi connectivity index (χ3v) is 4.08. The number of hydrogen-bond acceptors (Lipinski definition) is 7. The van der Waals surface area contributed by atoms with Gasteiger partial charge in [-0.1, -0.05) is 12.1 Å². The number of nitrogens with zero attached hydrogens (tertiary/aromatic N) is 3. The Hall–Kier alpha value is -2.22. The second-order valence-electron chi connectivity index (χ2n) is 6.38. The van der Waals surface area contributed by atoms with E-state index in [-0.39, 0.29) is 6.04 Å². The highest BCUT2D eigenvalue weighted by molar-refractivity contribution is 5.62. The van der Waals surface area contributed by atoms with Crippen LogP contribution in [-0.2, 0) is 6.42 Å². The molecule has 0 saturated carbocycles. The summed E-state index contributed by atoms with van der Waals surface area (Å²) in [4.78, 5) is 11.2. The van der Waals surface area contributed by atoms with Gasteiger partial charge in [0.25, 0.3) is 0 Å². The maximum Gasteiger partial charge on any atom is 0.158 e. The van der Waals surface area contributed by atoms with Crippen molar-refractivity contribution >= 4 is 17.3 Å². The molecule has 1 heterocycles. The highest BCUT2D eigenvalue weighted by Crippen LogP contribution is 2.27. The Balaban J connectivity index is 2.43. The SMILES string of the molecule is Cc1nc(C(N)O)c(Nc2cccc(CCN)c2)nc1N(C)C(C)C. The van der Waals surface area contributed by atoms with Gasteiger partial charge >= 0.3 is 0 Å². The fourth-order valence-electron chi connectivity index (χ4n) is 2.51. The summed E-state index contributed by atoms with van der Waals surface area (Å²) in [6.07, 6.45) is -0.415. The van der Waals surface area contributed by atoms with Gasteiger partial charge in [-0.15, -0.1) is 0 Å². The van der Waals surface area contributed by atoms with Crippen molar-refractivity contribution in [3.8, 4) is 0 Å². The molecule has 2 aromatic rings. The second-order valence-corrected chi connectivity index (χ2v) is 6.38. The van der Waals surface area contributed by atoms with E-state index in [1.165, 1.54) is 0 Å². The van der Waals surface area contributed by atoms with E-state index in [0.29, 0.717) is 18.1 Å². The molecule has 7 nitrogen and oxygen atoms in total. The van der Waals surface area contributed by atoms with Crippen molar-refractivity contribution in [2.75, 3.05) is 23.8 Å². The Kier molecular flexibility index (Phi) is 6.30. The van der Waals surface area contributed by atoms with Crippen LogP contribution >= 0.6 is 0 Å². The van der Waals surface area contributed by atoms with Crippen LogP contribution in [0.15, 0.2) is 24.3 Å². The van der Waals surface area contributed by atoms with Gasteiger partial charge in [-0.05, 0) is 51.4 Å². The molecule has 7 heteroatoms. The van der Waals surface area contributed by atoms with Gasteiger partial charge in [0.15, 0.2) is 11.6 Å². The molecule has 0 aliphatic heterocycles. The molecule has 0 radical (unpaired) electrons. The van der Waals surface area contributed by atoms with E-state index in [9.17, 15) is 5.11 Å². The van der Waals surface area contributed by atoms with Crippen molar-refractivity contribution in [3.05, 3.63) is 41.2 Å². The monoisotopic (exact) mass is 344 g/mol. The van der Waals surface area contributed by atoms with Gasteiger partial charge in [-0.2, -0.15) is 0 Å². The van der Waals surface area contributed by atoms with Crippen molar-refractivity contribution in [1.82, 2.24) is 9.97 Å². The Bertz CT molecular complexity index is 717. The van der Waals surface area contributed by atoms with E-state index in [1.807, 2.05) is 43.1 Å². The summed E-state index contributed by atoms with van der Waals surface area (Å²) in [7, 11) is 1.96. The van der Waals surface area contributed by atoms with Gasteiger partial charge in [0.2, 0.25) is 0 Å². The molecule has 6 N–H and O–H groups in total. The average molecular weight is 344 g/mol. The maximum absolute atomic E-state index is 9.89. The van der Waals surface area contributed by atoms with Crippen LogP contribution in [0.3, 0.4) is 0 Å². The Morgan fingerprint density at radius 2 is 2.00 bits per heavy atom. The van der Waals surface area contributed by atoms with E-state index in [2.05, 4.69) is 29.1 Å². The summed E-state index contributed by atoms with van der Waals surface area (Å²) in [5.41, 5.74) is 14.3. The first-order chi connectivity index (χ1) is 11.8. The lowest BCUT2D eigenvalue weighted by Gasteiger charge is -2.25. The number of hydrogen-bond donors (Lipinski definition) is 4. The van der Waals surface area contributed by atoms with Gasteiger partial charge in [-0.25, -0.2) is 9.97 Å². The lowest BCUT2D eigenvalue weighted by Crippen LogP contribution is -2.28. The highest BCUT2D eigenvalue weighted by Gasteiger charge is 2.19. The molecule has 0 aliphatic rings. The molecule has 0 saturated heterocycles. The Morgan fingerprint density at radius 3 is 2.60 bits per heavy atom. The lowest BCUT2D eigenvalue weighted by molar-refractivity contribution is 0.181. The molecule has 1 aromatic carbocycles. The lowest BCUT2D eigenvalue weighted by atomic mass is 10.1. The third kappa shape index (κ3) is 4.66. The average Bonchev–Trinajstić information content (AvgIpc) is 2.56. The smallest absolute Gasteiger partial charge is 0.158 e. The van der Waals surface area contributed by atoms with Crippen molar-refractivity contribution in [1.29, 1.82) is 0 Å². The summed E-state index contributed by atoms with van der Waals surface area (Å²) < 4.78 is 0. The minimum absolute atomic E-state index is 0.266. The predicted octanol–water partition coefficient (Wildman–Crippen LogP) is 1.82. The summed E-state index contributed by atoms with van der Waals surface area (Å²) in [6, 6.07) is 8.18. The maximum atomic E-state index is 9.89. The summed E-state index contributed by atoms with van der Waals surface area (Å²) >= 11 is 0. The van der Waals surface area contributed by atoms with Gasteiger partial charge < -0.3 is 26.8 Å². The van der Waals surface area contributed by atoms with Crippen molar-refractivity contribution in [3.63, 3.8) is 0 Å². The molecule has 0 fully saturated rings. The minimum Gasteiger partial charge on any atom is -0.373 e. The molecule has 25 heavy (non-hydrogen) atoms. The third-order valence-electron chi connectivity index (χ3n) is 4.08.